The highest BCUT2D eigenvalue weighted by molar-refractivity contribution is 5.82. The maximum absolute atomic E-state index is 13.1. The average Bonchev–Trinajstić information content (AvgIpc) is 2.80. The molecule has 1 fully saturated rings. The second-order valence-electron chi connectivity index (χ2n) is 8.94. The van der Waals surface area contributed by atoms with Gasteiger partial charge in [0, 0.05) is 25.6 Å². The number of benzene rings is 2. The second-order valence-corrected chi connectivity index (χ2v) is 8.94. The smallest absolute Gasteiger partial charge is 0.314 e. The molecule has 1 N–H and O–H groups in total. The van der Waals surface area contributed by atoms with Gasteiger partial charge >= 0.3 is 5.97 Å². The molecule has 0 amide bonds. The molecule has 0 aromatic heterocycles. The van der Waals surface area contributed by atoms with E-state index < -0.39 is 11.5 Å². The van der Waals surface area contributed by atoms with Gasteiger partial charge in [-0.25, -0.2) is 0 Å². The molecule has 5 heteroatoms. The molecule has 2 aromatic carbocycles. The van der Waals surface area contributed by atoms with Crippen LogP contribution in [0.1, 0.15) is 50.7 Å². The summed E-state index contributed by atoms with van der Waals surface area (Å²) in [5.74, 6) is -0.506. The number of esters is 1. The molecule has 5 nitrogen and oxygen atoms in total. The van der Waals surface area contributed by atoms with Gasteiger partial charge in [-0.15, -0.1) is 0 Å². The van der Waals surface area contributed by atoms with Crippen molar-refractivity contribution in [1.29, 1.82) is 0 Å². The number of nitrogens with zero attached hydrogens (tertiary/aromatic N) is 1. The third-order valence-corrected chi connectivity index (χ3v) is 6.61. The van der Waals surface area contributed by atoms with Gasteiger partial charge in [-0.3, -0.25) is 14.5 Å². The number of hydrogen-bond acceptors (Lipinski definition) is 5. The zero-order chi connectivity index (χ0) is 23.0. The Bertz CT molecular complexity index is 828. The van der Waals surface area contributed by atoms with Gasteiger partial charge in [0.25, 0.3) is 0 Å². The SMILES string of the molecule is CCOC(=O)C1(C(O)CN(Cc2ccccc2)Cc2ccccc2)CCCC(C(C)=O)C1. The number of hydrogen-bond donors (Lipinski definition) is 1. The van der Waals surface area contributed by atoms with Crippen molar-refractivity contribution in [2.24, 2.45) is 11.3 Å². The van der Waals surface area contributed by atoms with E-state index in [0.29, 0.717) is 32.5 Å². The maximum Gasteiger partial charge on any atom is 0.314 e. The van der Waals surface area contributed by atoms with E-state index in [9.17, 15) is 14.7 Å². The van der Waals surface area contributed by atoms with E-state index in [0.717, 1.165) is 24.0 Å². The lowest BCUT2D eigenvalue weighted by Crippen LogP contribution is -2.52. The van der Waals surface area contributed by atoms with Gasteiger partial charge < -0.3 is 9.84 Å². The minimum absolute atomic E-state index is 0.0796. The fourth-order valence-electron chi connectivity index (χ4n) is 4.84. The van der Waals surface area contributed by atoms with Crippen LogP contribution in [0.4, 0.5) is 0 Å². The Kier molecular flexibility index (Phi) is 8.60. The molecule has 3 rings (SSSR count). The normalized spacial score (nSPS) is 21.8. The van der Waals surface area contributed by atoms with Crippen LogP contribution in [-0.4, -0.2) is 41.0 Å². The second kappa shape index (κ2) is 11.4. The lowest BCUT2D eigenvalue weighted by atomic mass is 9.65. The zero-order valence-corrected chi connectivity index (χ0v) is 19.2. The van der Waals surface area contributed by atoms with Crippen molar-refractivity contribution in [1.82, 2.24) is 4.90 Å². The Morgan fingerprint density at radius 2 is 1.62 bits per heavy atom. The van der Waals surface area contributed by atoms with E-state index in [4.69, 9.17) is 4.74 Å². The first-order chi connectivity index (χ1) is 15.4. The highest BCUT2D eigenvalue weighted by atomic mass is 16.5. The van der Waals surface area contributed by atoms with Gasteiger partial charge in [0.15, 0.2) is 0 Å². The van der Waals surface area contributed by atoms with E-state index in [2.05, 4.69) is 29.2 Å². The molecule has 0 bridgehead atoms. The number of Topliss-reactive ketones (excluding diaryl/α,β-unsaturated/α-hetero) is 1. The summed E-state index contributed by atoms with van der Waals surface area (Å²) in [6, 6.07) is 20.3. The zero-order valence-electron chi connectivity index (χ0n) is 19.2. The van der Waals surface area contributed by atoms with Gasteiger partial charge in [-0.05, 0) is 44.2 Å². The van der Waals surface area contributed by atoms with Crippen molar-refractivity contribution >= 4 is 11.8 Å². The quantitative estimate of drug-likeness (QED) is 0.559. The van der Waals surface area contributed by atoms with E-state index >= 15 is 0 Å². The molecule has 1 saturated carbocycles. The summed E-state index contributed by atoms with van der Waals surface area (Å²) in [7, 11) is 0. The third kappa shape index (κ3) is 6.05. The summed E-state index contributed by atoms with van der Waals surface area (Å²) in [5.41, 5.74) is 1.24. The van der Waals surface area contributed by atoms with Crippen LogP contribution in [0.15, 0.2) is 60.7 Å². The molecule has 0 spiro atoms. The standard InChI is InChI=1S/C27H35NO4/c1-3-32-26(31)27(16-10-15-24(17-27)21(2)29)25(30)20-28(18-22-11-6-4-7-12-22)19-23-13-8-5-9-14-23/h4-9,11-14,24-25,30H,3,10,15-20H2,1-2H3. The first kappa shape index (κ1) is 24.1. The van der Waals surface area contributed by atoms with E-state index in [1.54, 1.807) is 13.8 Å². The summed E-state index contributed by atoms with van der Waals surface area (Å²) in [4.78, 5) is 27.4. The van der Waals surface area contributed by atoms with Crippen molar-refractivity contribution in [2.75, 3.05) is 13.2 Å². The molecule has 172 valence electrons. The van der Waals surface area contributed by atoms with Crippen molar-refractivity contribution < 1.29 is 19.4 Å². The molecular formula is C27H35NO4. The number of ketones is 1. The Hall–Kier alpha value is -2.50. The van der Waals surface area contributed by atoms with Gasteiger partial charge in [0.2, 0.25) is 0 Å². The molecule has 1 aliphatic rings. The number of carbonyl (C=O) groups excluding carboxylic acids is 2. The van der Waals surface area contributed by atoms with Crippen LogP contribution in [0, 0.1) is 11.3 Å². The van der Waals surface area contributed by atoms with Crippen LogP contribution in [0.25, 0.3) is 0 Å². The third-order valence-electron chi connectivity index (χ3n) is 6.61. The molecule has 3 atom stereocenters. The van der Waals surface area contributed by atoms with Crippen molar-refractivity contribution in [3.8, 4) is 0 Å². The predicted molar refractivity (Wildman–Crippen MR) is 125 cm³/mol. The monoisotopic (exact) mass is 437 g/mol. The molecule has 0 aliphatic heterocycles. The van der Waals surface area contributed by atoms with E-state index in [1.165, 1.54) is 0 Å². The molecule has 32 heavy (non-hydrogen) atoms. The molecule has 0 radical (unpaired) electrons. The van der Waals surface area contributed by atoms with Gasteiger partial charge in [-0.2, -0.15) is 0 Å². The molecular weight excluding hydrogens is 402 g/mol. The largest absolute Gasteiger partial charge is 0.465 e. The molecule has 3 unspecified atom stereocenters. The maximum atomic E-state index is 13.1. The van der Waals surface area contributed by atoms with Gasteiger partial charge in [0.1, 0.15) is 5.78 Å². The minimum atomic E-state index is -1.05. The summed E-state index contributed by atoms with van der Waals surface area (Å²) in [6.45, 7) is 5.25. The lowest BCUT2D eigenvalue weighted by molar-refractivity contribution is -0.170. The summed E-state index contributed by atoms with van der Waals surface area (Å²) in [6.07, 6.45) is 1.48. The van der Waals surface area contributed by atoms with Crippen molar-refractivity contribution in [2.45, 2.75) is 58.7 Å². The molecule has 2 aromatic rings. The average molecular weight is 438 g/mol. The minimum Gasteiger partial charge on any atom is -0.465 e. The molecule has 0 saturated heterocycles. The Balaban J connectivity index is 1.85. The summed E-state index contributed by atoms with van der Waals surface area (Å²) in [5, 5.41) is 11.5. The van der Waals surface area contributed by atoms with Gasteiger partial charge in [-0.1, -0.05) is 67.1 Å². The fraction of sp³-hybridized carbons (Fsp3) is 0.481. The van der Waals surface area contributed by atoms with Crippen LogP contribution in [-0.2, 0) is 27.4 Å². The van der Waals surface area contributed by atoms with Crippen LogP contribution in [0.5, 0.6) is 0 Å². The van der Waals surface area contributed by atoms with Crippen LogP contribution in [0.2, 0.25) is 0 Å². The van der Waals surface area contributed by atoms with Crippen LogP contribution in [0.3, 0.4) is 0 Å². The van der Waals surface area contributed by atoms with E-state index in [-0.39, 0.29) is 24.3 Å². The van der Waals surface area contributed by atoms with Crippen LogP contribution < -0.4 is 0 Å². The number of carbonyl (C=O) groups is 2. The summed E-state index contributed by atoms with van der Waals surface area (Å²) >= 11 is 0. The first-order valence-corrected chi connectivity index (χ1v) is 11.6. The van der Waals surface area contributed by atoms with Crippen molar-refractivity contribution in [3.63, 3.8) is 0 Å². The van der Waals surface area contributed by atoms with Gasteiger partial charge in [0.05, 0.1) is 18.1 Å². The highest BCUT2D eigenvalue weighted by Crippen LogP contribution is 2.44. The molecule has 0 heterocycles. The Morgan fingerprint density at radius 3 is 2.12 bits per heavy atom. The topological polar surface area (TPSA) is 66.8 Å². The number of rotatable bonds is 10. The lowest BCUT2D eigenvalue weighted by Gasteiger charge is -2.42. The Labute approximate surface area is 191 Å². The number of aliphatic hydroxyl groups is 1. The fourth-order valence-corrected chi connectivity index (χ4v) is 4.84. The number of ether oxygens (including phenoxy) is 1. The first-order valence-electron chi connectivity index (χ1n) is 11.6. The highest BCUT2D eigenvalue weighted by Gasteiger charge is 2.50. The number of aliphatic hydroxyl groups excluding tert-OH is 1. The van der Waals surface area contributed by atoms with Crippen LogP contribution >= 0.6 is 0 Å². The van der Waals surface area contributed by atoms with Crippen molar-refractivity contribution in [3.05, 3.63) is 71.8 Å². The predicted octanol–water partition coefficient (Wildman–Crippen LogP) is 4.38. The Morgan fingerprint density at radius 1 is 1.06 bits per heavy atom. The molecule has 1 aliphatic carbocycles. The van der Waals surface area contributed by atoms with E-state index in [1.807, 2.05) is 36.4 Å². The summed E-state index contributed by atoms with van der Waals surface area (Å²) < 4.78 is 5.42.